The van der Waals surface area contributed by atoms with Crippen LogP contribution in [0.2, 0.25) is 0 Å². The fraction of sp³-hybridized carbons (Fsp3) is 0.417. The number of hydrogen-bond acceptors (Lipinski definition) is 3. The molecule has 94 valence electrons. The van der Waals surface area contributed by atoms with Gasteiger partial charge in [-0.2, -0.15) is 0 Å². The molecule has 0 saturated heterocycles. The summed E-state index contributed by atoms with van der Waals surface area (Å²) in [6, 6.07) is 6.25. The highest BCUT2D eigenvalue weighted by Crippen LogP contribution is 2.21. The summed E-state index contributed by atoms with van der Waals surface area (Å²) in [7, 11) is 0. The second kappa shape index (κ2) is 7.29. The lowest BCUT2D eigenvalue weighted by Crippen LogP contribution is -2.35. The van der Waals surface area contributed by atoms with E-state index in [1.165, 1.54) is 17.8 Å². The van der Waals surface area contributed by atoms with E-state index in [1.54, 1.807) is 25.1 Å². The first-order valence-corrected chi connectivity index (χ1v) is 6.39. The van der Waals surface area contributed by atoms with Crippen molar-refractivity contribution in [1.29, 1.82) is 0 Å². The smallest absolute Gasteiger partial charge is 0.221 e. The molecule has 0 radical (unpaired) electrons. The SMILES string of the molecule is C[C@@H](CO)NC(=O)CCSc1ccccc1F. The molecule has 0 spiro atoms. The molecule has 0 fully saturated rings. The lowest BCUT2D eigenvalue weighted by Gasteiger charge is -2.10. The number of carbonyl (C=O) groups excluding carboxylic acids is 1. The number of aliphatic hydroxyl groups is 1. The first-order valence-electron chi connectivity index (χ1n) is 5.41. The number of aliphatic hydroxyl groups excluding tert-OH is 1. The van der Waals surface area contributed by atoms with Gasteiger partial charge in [0.05, 0.1) is 6.61 Å². The van der Waals surface area contributed by atoms with Crippen molar-refractivity contribution in [2.24, 2.45) is 0 Å². The first-order chi connectivity index (χ1) is 8.13. The molecule has 0 aromatic heterocycles. The molecule has 1 amide bonds. The third kappa shape index (κ3) is 5.19. The van der Waals surface area contributed by atoms with Crippen LogP contribution in [0.1, 0.15) is 13.3 Å². The molecule has 0 heterocycles. The number of benzene rings is 1. The van der Waals surface area contributed by atoms with E-state index in [0.717, 1.165) is 0 Å². The van der Waals surface area contributed by atoms with Crippen LogP contribution < -0.4 is 5.32 Å². The van der Waals surface area contributed by atoms with E-state index in [4.69, 9.17) is 5.11 Å². The van der Waals surface area contributed by atoms with Gasteiger partial charge in [-0.25, -0.2) is 4.39 Å². The predicted molar refractivity (Wildman–Crippen MR) is 66.4 cm³/mol. The minimum absolute atomic E-state index is 0.0772. The fourth-order valence-electron chi connectivity index (χ4n) is 1.21. The van der Waals surface area contributed by atoms with Gasteiger partial charge in [0.2, 0.25) is 5.91 Å². The Labute approximate surface area is 104 Å². The number of hydrogen-bond donors (Lipinski definition) is 2. The van der Waals surface area contributed by atoms with Crippen molar-refractivity contribution in [1.82, 2.24) is 5.32 Å². The molecule has 1 atom stereocenters. The molecule has 0 aliphatic carbocycles. The topological polar surface area (TPSA) is 49.3 Å². The Morgan fingerprint density at radius 1 is 1.53 bits per heavy atom. The fourth-order valence-corrected chi connectivity index (χ4v) is 2.10. The molecular weight excluding hydrogens is 241 g/mol. The highest BCUT2D eigenvalue weighted by Gasteiger charge is 2.07. The van der Waals surface area contributed by atoms with E-state index in [0.29, 0.717) is 17.1 Å². The molecule has 0 saturated carbocycles. The molecule has 2 N–H and O–H groups in total. The maximum Gasteiger partial charge on any atom is 0.221 e. The van der Waals surface area contributed by atoms with Gasteiger partial charge in [0, 0.05) is 23.1 Å². The Kier molecular flexibility index (Phi) is 6.00. The van der Waals surface area contributed by atoms with Gasteiger partial charge in [0.15, 0.2) is 0 Å². The van der Waals surface area contributed by atoms with Crippen LogP contribution in [0.15, 0.2) is 29.2 Å². The Morgan fingerprint density at radius 2 is 2.24 bits per heavy atom. The zero-order chi connectivity index (χ0) is 12.7. The number of thioether (sulfide) groups is 1. The summed E-state index contributed by atoms with van der Waals surface area (Å²) in [4.78, 5) is 11.9. The monoisotopic (exact) mass is 257 g/mol. The number of rotatable bonds is 6. The number of amides is 1. The van der Waals surface area contributed by atoms with Crippen molar-refractivity contribution in [2.45, 2.75) is 24.3 Å². The Bertz CT molecular complexity index is 373. The van der Waals surface area contributed by atoms with Crippen molar-refractivity contribution in [3.8, 4) is 0 Å². The molecule has 3 nitrogen and oxygen atoms in total. The van der Waals surface area contributed by atoms with E-state index in [-0.39, 0.29) is 24.4 Å². The number of nitrogens with one attached hydrogen (secondary N) is 1. The summed E-state index contributed by atoms with van der Waals surface area (Å²) in [5, 5.41) is 11.4. The standard InChI is InChI=1S/C12H16FNO2S/c1-9(8-15)14-12(16)6-7-17-11-5-3-2-4-10(11)13/h2-5,9,15H,6-8H2,1H3,(H,14,16)/t9-/m0/s1. The van der Waals surface area contributed by atoms with Crippen LogP contribution in [0.3, 0.4) is 0 Å². The first kappa shape index (κ1) is 14.0. The highest BCUT2D eigenvalue weighted by atomic mass is 32.2. The minimum Gasteiger partial charge on any atom is -0.394 e. The molecule has 0 bridgehead atoms. The van der Waals surface area contributed by atoms with Gasteiger partial charge in [0.1, 0.15) is 5.82 Å². The van der Waals surface area contributed by atoms with Gasteiger partial charge in [-0.15, -0.1) is 11.8 Å². The Hall–Kier alpha value is -1.07. The van der Waals surface area contributed by atoms with Crippen molar-refractivity contribution in [2.75, 3.05) is 12.4 Å². The van der Waals surface area contributed by atoms with Gasteiger partial charge in [-0.1, -0.05) is 12.1 Å². The van der Waals surface area contributed by atoms with E-state index in [9.17, 15) is 9.18 Å². The highest BCUT2D eigenvalue weighted by molar-refractivity contribution is 7.99. The summed E-state index contributed by atoms with van der Waals surface area (Å²) in [6.07, 6.45) is 0.309. The number of carbonyl (C=O) groups is 1. The van der Waals surface area contributed by atoms with Crippen LogP contribution in [0.25, 0.3) is 0 Å². The molecule has 0 unspecified atom stereocenters. The lowest BCUT2D eigenvalue weighted by atomic mass is 10.3. The van der Waals surface area contributed by atoms with Crippen LogP contribution in [-0.4, -0.2) is 29.4 Å². The molecule has 0 aliphatic rings. The quantitative estimate of drug-likeness (QED) is 0.764. The van der Waals surface area contributed by atoms with Crippen LogP contribution >= 0.6 is 11.8 Å². The normalized spacial score (nSPS) is 12.2. The van der Waals surface area contributed by atoms with E-state index < -0.39 is 0 Å². The van der Waals surface area contributed by atoms with Crippen molar-refractivity contribution >= 4 is 17.7 Å². The molecule has 1 aromatic carbocycles. The maximum absolute atomic E-state index is 13.2. The van der Waals surface area contributed by atoms with E-state index in [1.807, 2.05) is 0 Å². The summed E-state index contributed by atoms with van der Waals surface area (Å²) >= 11 is 1.31. The number of halogens is 1. The predicted octanol–water partition coefficient (Wildman–Crippen LogP) is 1.80. The Morgan fingerprint density at radius 3 is 2.88 bits per heavy atom. The molecular formula is C12H16FNO2S. The van der Waals surface area contributed by atoms with E-state index >= 15 is 0 Å². The zero-order valence-corrected chi connectivity index (χ0v) is 10.5. The van der Waals surface area contributed by atoms with Gasteiger partial charge in [-0.05, 0) is 19.1 Å². The van der Waals surface area contributed by atoms with E-state index in [2.05, 4.69) is 5.32 Å². The second-order valence-electron chi connectivity index (χ2n) is 3.68. The van der Waals surface area contributed by atoms with Gasteiger partial charge in [-0.3, -0.25) is 4.79 Å². The Balaban J connectivity index is 2.29. The lowest BCUT2D eigenvalue weighted by molar-refractivity contribution is -0.121. The average molecular weight is 257 g/mol. The molecule has 5 heteroatoms. The summed E-state index contributed by atoms with van der Waals surface area (Å²) in [5.41, 5.74) is 0. The largest absolute Gasteiger partial charge is 0.394 e. The zero-order valence-electron chi connectivity index (χ0n) is 9.65. The maximum atomic E-state index is 13.2. The third-order valence-electron chi connectivity index (χ3n) is 2.10. The van der Waals surface area contributed by atoms with Gasteiger partial charge >= 0.3 is 0 Å². The van der Waals surface area contributed by atoms with Gasteiger partial charge < -0.3 is 10.4 Å². The molecule has 1 rings (SSSR count). The summed E-state index contributed by atoms with van der Waals surface area (Å²) < 4.78 is 13.2. The molecule has 0 aliphatic heterocycles. The van der Waals surface area contributed by atoms with Gasteiger partial charge in [0.25, 0.3) is 0 Å². The van der Waals surface area contributed by atoms with Crippen molar-refractivity contribution in [3.63, 3.8) is 0 Å². The minimum atomic E-state index is -0.262. The van der Waals surface area contributed by atoms with Crippen LogP contribution in [0, 0.1) is 5.82 Å². The third-order valence-corrected chi connectivity index (χ3v) is 3.15. The second-order valence-corrected chi connectivity index (χ2v) is 4.82. The molecule has 17 heavy (non-hydrogen) atoms. The van der Waals surface area contributed by atoms with Crippen molar-refractivity contribution in [3.05, 3.63) is 30.1 Å². The van der Waals surface area contributed by atoms with Crippen LogP contribution in [-0.2, 0) is 4.79 Å². The molecule has 1 aromatic rings. The average Bonchev–Trinajstić information content (AvgIpc) is 2.31. The van der Waals surface area contributed by atoms with Crippen LogP contribution in [0.5, 0.6) is 0 Å². The summed E-state index contributed by atoms with van der Waals surface area (Å²) in [5.74, 6) is 0.127. The van der Waals surface area contributed by atoms with Crippen molar-refractivity contribution < 1.29 is 14.3 Å². The van der Waals surface area contributed by atoms with Crippen LogP contribution in [0.4, 0.5) is 4.39 Å². The summed E-state index contributed by atoms with van der Waals surface area (Å²) in [6.45, 7) is 1.65.